The number of rotatable bonds is 8. The summed E-state index contributed by atoms with van der Waals surface area (Å²) in [4.78, 5) is 13.0. The van der Waals surface area contributed by atoms with Crippen molar-refractivity contribution in [1.29, 1.82) is 0 Å². The minimum Gasteiger partial charge on any atom is -0.379 e. The summed E-state index contributed by atoms with van der Waals surface area (Å²) in [5, 5.41) is 3.10. The first-order chi connectivity index (χ1) is 13.1. The average molecular weight is 385 g/mol. The van der Waals surface area contributed by atoms with Gasteiger partial charge in [-0.05, 0) is 24.0 Å². The smallest absolute Gasteiger partial charge is 0.285 e. The van der Waals surface area contributed by atoms with E-state index in [1.165, 1.54) is 0 Å². The fourth-order valence-corrected chi connectivity index (χ4v) is 4.86. The molecule has 0 bridgehead atoms. The fourth-order valence-electron chi connectivity index (χ4n) is 3.11. The number of carbonyl (C=O) groups is 1. The molecular weight excluding hydrogens is 360 g/mol. The quantitative estimate of drug-likeness (QED) is 0.759. The molecule has 0 fully saturated rings. The van der Waals surface area contributed by atoms with Gasteiger partial charge in [0.1, 0.15) is 10.6 Å². The van der Waals surface area contributed by atoms with E-state index in [0.717, 1.165) is 16.3 Å². The van der Waals surface area contributed by atoms with Gasteiger partial charge in [-0.25, -0.2) is 12.7 Å². The zero-order chi connectivity index (χ0) is 19.3. The summed E-state index contributed by atoms with van der Waals surface area (Å²) in [5.74, 6) is -0.463. The Labute approximate surface area is 160 Å². The monoisotopic (exact) mass is 384 g/mol. The second kappa shape index (κ2) is 8.39. The molecule has 3 rings (SSSR count). The fraction of sp³-hybridized carbons (Fsp3) is 0.286. The number of unbranched alkanes of at least 4 members (excludes halogenated alkanes) is 1. The van der Waals surface area contributed by atoms with Crippen LogP contribution in [0.1, 0.15) is 30.9 Å². The molecule has 27 heavy (non-hydrogen) atoms. The van der Waals surface area contributed by atoms with Crippen LogP contribution in [0.2, 0.25) is 0 Å². The molecule has 0 aromatic heterocycles. The highest BCUT2D eigenvalue weighted by atomic mass is 32.2. The van der Waals surface area contributed by atoms with Gasteiger partial charge in [0.25, 0.3) is 15.9 Å². The highest BCUT2D eigenvalue weighted by Gasteiger charge is 2.43. The van der Waals surface area contributed by atoms with E-state index in [0.29, 0.717) is 24.9 Å². The molecule has 0 saturated carbocycles. The maximum atomic E-state index is 13.1. The number of amides is 1. The van der Waals surface area contributed by atoms with Gasteiger partial charge >= 0.3 is 0 Å². The van der Waals surface area contributed by atoms with Crippen molar-refractivity contribution < 1.29 is 13.2 Å². The van der Waals surface area contributed by atoms with Gasteiger partial charge in [0.05, 0.1) is 0 Å². The number of benzene rings is 2. The second-order valence-corrected chi connectivity index (χ2v) is 8.27. The van der Waals surface area contributed by atoms with Crippen LogP contribution in [-0.4, -0.2) is 31.7 Å². The lowest BCUT2D eigenvalue weighted by molar-refractivity contribution is -0.122. The molecule has 0 aliphatic carbocycles. The molecule has 1 amide bonds. The van der Waals surface area contributed by atoms with Crippen LogP contribution in [-0.2, 0) is 21.2 Å². The van der Waals surface area contributed by atoms with Crippen molar-refractivity contribution in [1.82, 2.24) is 9.62 Å². The number of hydrogen-bond acceptors (Lipinski definition) is 4. The Balaban J connectivity index is 1.90. The summed E-state index contributed by atoms with van der Waals surface area (Å²) in [6.45, 7) is 2.66. The Bertz CT molecular complexity index is 922. The normalized spacial score (nSPS) is 16.0. The van der Waals surface area contributed by atoms with Crippen LogP contribution in [0.4, 0.5) is 0 Å². The molecule has 5 nitrogen and oxygen atoms in total. The Hall–Kier alpha value is -2.60. The van der Waals surface area contributed by atoms with Crippen molar-refractivity contribution >= 4 is 20.8 Å². The van der Waals surface area contributed by atoms with Gasteiger partial charge in [-0.2, -0.15) is 0 Å². The number of nitrogens with one attached hydrogen (secondary N) is 1. The predicted octanol–water partition coefficient (Wildman–Crippen LogP) is 3.16. The van der Waals surface area contributed by atoms with Crippen LogP contribution in [0.25, 0.3) is 4.91 Å². The van der Waals surface area contributed by atoms with Crippen LogP contribution in [0.15, 0.2) is 66.4 Å². The lowest BCUT2D eigenvalue weighted by Crippen LogP contribution is -2.34. The first kappa shape index (κ1) is 19.2. The highest BCUT2D eigenvalue weighted by molar-refractivity contribution is 7.99. The molecule has 0 unspecified atom stereocenters. The molecule has 6 heteroatoms. The maximum Gasteiger partial charge on any atom is 0.285 e. The Kier molecular flexibility index (Phi) is 5.96. The molecule has 0 spiro atoms. The van der Waals surface area contributed by atoms with Crippen molar-refractivity contribution in [3.8, 4) is 0 Å². The van der Waals surface area contributed by atoms with Crippen molar-refractivity contribution in [2.45, 2.75) is 26.2 Å². The molecule has 1 aliphatic heterocycles. The molecule has 1 aliphatic rings. The van der Waals surface area contributed by atoms with Crippen LogP contribution < -0.4 is 5.32 Å². The minimum absolute atomic E-state index is 0.0808. The third-order valence-corrected chi connectivity index (χ3v) is 6.41. The molecule has 1 heterocycles. The summed E-state index contributed by atoms with van der Waals surface area (Å²) >= 11 is 0. The van der Waals surface area contributed by atoms with Crippen molar-refractivity contribution in [2.24, 2.45) is 0 Å². The second-order valence-electron chi connectivity index (χ2n) is 6.47. The van der Waals surface area contributed by atoms with Gasteiger partial charge in [0.2, 0.25) is 0 Å². The lowest BCUT2D eigenvalue weighted by atomic mass is 10.1. The van der Waals surface area contributed by atoms with E-state index in [2.05, 4.69) is 5.32 Å². The number of carbonyl (C=O) groups excluding carboxylic acids is 1. The summed E-state index contributed by atoms with van der Waals surface area (Å²) in [6, 6.07) is 18.7. The Morgan fingerprint density at radius 1 is 0.963 bits per heavy atom. The van der Waals surface area contributed by atoms with Gasteiger partial charge in [0, 0.05) is 13.1 Å². The summed E-state index contributed by atoms with van der Waals surface area (Å²) in [7, 11) is -3.85. The molecule has 142 valence electrons. The molecule has 0 atom stereocenters. The molecular formula is C21H24N2O3S. The first-order valence-corrected chi connectivity index (χ1v) is 10.6. The molecule has 2 aromatic carbocycles. The molecule has 2 aromatic rings. The van der Waals surface area contributed by atoms with Crippen LogP contribution in [0, 0.1) is 0 Å². The van der Waals surface area contributed by atoms with Gasteiger partial charge in [-0.1, -0.05) is 74.0 Å². The summed E-state index contributed by atoms with van der Waals surface area (Å²) in [6.07, 6.45) is 2.16. The number of sulfonamides is 1. The first-order valence-electron chi connectivity index (χ1n) is 9.20. The van der Waals surface area contributed by atoms with Crippen molar-refractivity contribution in [2.75, 3.05) is 13.1 Å². The van der Waals surface area contributed by atoms with E-state index in [9.17, 15) is 13.2 Å². The van der Waals surface area contributed by atoms with Gasteiger partial charge in [0.15, 0.2) is 0 Å². The van der Waals surface area contributed by atoms with Gasteiger partial charge in [-0.15, -0.1) is 0 Å². The summed E-state index contributed by atoms with van der Waals surface area (Å²) < 4.78 is 27.1. The van der Waals surface area contributed by atoms with Crippen molar-refractivity contribution in [3.05, 3.63) is 77.5 Å². The standard InChI is InChI=1S/C21H24N2O3S/c1-2-3-16-23-21(24)19(22-15-14-17-10-6-4-7-11-17)20(27(23,25)26)18-12-8-5-9-13-18/h4-13,22H,2-3,14-16H2,1H3. The van der Waals surface area contributed by atoms with E-state index >= 15 is 0 Å². The molecule has 0 radical (unpaired) electrons. The SMILES string of the molecule is CCCCN1C(=O)C(NCCc2ccccc2)=C(c2ccccc2)S1(=O)=O. The molecule has 0 saturated heterocycles. The number of nitrogens with zero attached hydrogens (tertiary/aromatic N) is 1. The third-order valence-electron chi connectivity index (χ3n) is 4.52. The maximum absolute atomic E-state index is 13.1. The zero-order valence-corrected chi connectivity index (χ0v) is 16.2. The average Bonchev–Trinajstić information content (AvgIpc) is 2.87. The Morgan fingerprint density at radius 3 is 2.22 bits per heavy atom. The zero-order valence-electron chi connectivity index (χ0n) is 15.4. The predicted molar refractivity (Wildman–Crippen MR) is 107 cm³/mol. The van der Waals surface area contributed by atoms with Gasteiger partial charge < -0.3 is 5.32 Å². The van der Waals surface area contributed by atoms with Crippen LogP contribution in [0.3, 0.4) is 0 Å². The highest BCUT2D eigenvalue weighted by Crippen LogP contribution is 2.34. The largest absolute Gasteiger partial charge is 0.379 e. The topological polar surface area (TPSA) is 66.5 Å². The van der Waals surface area contributed by atoms with Crippen LogP contribution >= 0.6 is 0 Å². The van der Waals surface area contributed by atoms with E-state index in [1.807, 2.05) is 43.3 Å². The number of hydrogen-bond donors (Lipinski definition) is 1. The lowest BCUT2D eigenvalue weighted by Gasteiger charge is -2.16. The Morgan fingerprint density at radius 2 is 1.59 bits per heavy atom. The third kappa shape index (κ3) is 4.06. The van der Waals surface area contributed by atoms with Gasteiger partial charge in [-0.3, -0.25) is 4.79 Å². The minimum atomic E-state index is -3.85. The molecule has 1 N–H and O–H groups in total. The van der Waals surface area contributed by atoms with E-state index in [-0.39, 0.29) is 17.1 Å². The van der Waals surface area contributed by atoms with E-state index < -0.39 is 15.9 Å². The summed E-state index contributed by atoms with van der Waals surface area (Å²) in [5.41, 5.74) is 1.84. The van der Waals surface area contributed by atoms with E-state index in [4.69, 9.17) is 0 Å². The van der Waals surface area contributed by atoms with Crippen molar-refractivity contribution in [3.63, 3.8) is 0 Å². The van der Waals surface area contributed by atoms with Crippen LogP contribution in [0.5, 0.6) is 0 Å². The van der Waals surface area contributed by atoms with E-state index in [1.54, 1.807) is 24.3 Å².